The van der Waals surface area contributed by atoms with Gasteiger partial charge in [-0.15, -0.1) is 5.10 Å². The predicted molar refractivity (Wildman–Crippen MR) is 89.1 cm³/mol. The third kappa shape index (κ3) is 2.75. The van der Waals surface area contributed by atoms with E-state index in [4.69, 9.17) is 9.47 Å². The number of anilines is 1. The summed E-state index contributed by atoms with van der Waals surface area (Å²) in [5.74, 6) is 0.678. The Hall–Kier alpha value is -2.41. The minimum atomic E-state index is -0.539. The van der Waals surface area contributed by atoms with E-state index in [1.54, 1.807) is 30.0 Å². The van der Waals surface area contributed by atoms with Gasteiger partial charge in [-0.1, -0.05) is 17.3 Å². The Kier molecular flexibility index (Phi) is 4.28. The topological polar surface area (TPSA) is 69.5 Å². The lowest BCUT2D eigenvalue weighted by Gasteiger charge is -2.20. The number of carbonyl (C=O) groups is 1. The zero-order valence-corrected chi connectivity index (χ0v) is 14.4. The van der Waals surface area contributed by atoms with Gasteiger partial charge < -0.3 is 14.4 Å². The number of rotatable bonds is 5. The van der Waals surface area contributed by atoms with Crippen LogP contribution in [0.2, 0.25) is 0 Å². The summed E-state index contributed by atoms with van der Waals surface area (Å²) in [6.07, 6.45) is 2.46. The minimum absolute atomic E-state index is 0.00817. The lowest BCUT2D eigenvalue weighted by molar-refractivity contribution is -0.120. The fourth-order valence-corrected chi connectivity index (χ4v) is 2.81. The number of hydrogen-bond acceptors (Lipinski definition) is 5. The van der Waals surface area contributed by atoms with Crippen LogP contribution in [-0.4, -0.2) is 41.7 Å². The molecule has 1 aromatic heterocycles. The summed E-state index contributed by atoms with van der Waals surface area (Å²) in [6, 6.07) is 7.16. The fourth-order valence-electron chi connectivity index (χ4n) is 2.81. The van der Waals surface area contributed by atoms with E-state index in [9.17, 15) is 4.79 Å². The van der Waals surface area contributed by atoms with Gasteiger partial charge >= 0.3 is 0 Å². The van der Waals surface area contributed by atoms with Crippen molar-refractivity contribution in [1.29, 1.82) is 0 Å². The van der Waals surface area contributed by atoms with E-state index < -0.39 is 5.60 Å². The summed E-state index contributed by atoms with van der Waals surface area (Å²) in [4.78, 5) is 14.6. The van der Waals surface area contributed by atoms with Crippen LogP contribution in [0.15, 0.2) is 30.5 Å². The minimum Gasteiger partial charge on any atom is -0.495 e. The molecule has 0 bridgehead atoms. The van der Waals surface area contributed by atoms with Crippen molar-refractivity contribution in [2.45, 2.75) is 31.9 Å². The van der Waals surface area contributed by atoms with E-state index in [0.717, 1.165) is 5.69 Å². The molecule has 0 spiro atoms. The molecule has 7 nitrogen and oxygen atoms in total. The molecule has 1 fully saturated rings. The van der Waals surface area contributed by atoms with Crippen molar-refractivity contribution >= 4 is 11.6 Å². The van der Waals surface area contributed by atoms with Crippen LogP contribution in [0, 0.1) is 0 Å². The highest BCUT2D eigenvalue weighted by Crippen LogP contribution is 2.34. The van der Waals surface area contributed by atoms with Crippen LogP contribution in [0.4, 0.5) is 5.69 Å². The summed E-state index contributed by atoms with van der Waals surface area (Å²) in [6.45, 7) is 4.45. The first-order chi connectivity index (χ1) is 11.5. The van der Waals surface area contributed by atoms with E-state index in [-0.39, 0.29) is 11.9 Å². The van der Waals surface area contributed by atoms with Crippen LogP contribution >= 0.6 is 0 Å². The van der Waals surface area contributed by atoms with Crippen LogP contribution in [0.25, 0.3) is 0 Å². The van der Waals surface area contributed by atoms with Gasteiger partial charge in [0.2, 0.25) is 0 Å². The Morgan fingerprint density at radius 1 is 1.25 bits per heavy atom. The van der Waals surface area contributed by atoms with Crippen molar-refractivity contribution in [3.8, 4) is 5.75 Å². The van der Waals surface area contributed by atoms with Gasteiger partial charge in [0.1, 0.15) is 23.1 Å². The molecule has 0 radical (unpaired) electrons. The van der Waals surface area contributed by atoms with Crippen molar-refractivity contribution in [2.24, 2.45) is 0 Å². The molecular weight excluding hydrogens is 308 g/mol. The maximum absolute atomic E-state index is 12.9. The maximum atomic E-state index is 12.9. The second-order valence-corrected chi connectivity index (χ2v) is 6.26. The van der Waals surface area contributed by atoms with Gasteiger partial charge in [0.05, 0.1) is 19.0 Å². The highest BCUT2D eigenvalue weighted by molar-refractivity contribution is 5.99. The molecule has 24 heavy (non-hydrogen) atoms. The smallest absolute Gasteiger partial charge is 0.252 e. The van der Waals surface area contributed by atoms with Crippen LogP contribution in [0.1, 0.15) is 32.0 Å². The molecule has 128 valence electrons. The first-order valence-electron chi connectivity index (χ1n) is 7.90. The van der Waals surface area contributed by atoms with Crippen molar-refractivity contribution < 1.29 is 14.3 Å². The van der Waals surface area contributed by atoms with Gasteiger partial charge in [-0.2, -0.15) is 0 Å². The summed E-state index contributed by atoms with van der Waals surface area (Å²) in [5, 5.41) is 8.30. The highest BCUT2D eigenvalue weighted by atomic mass is 16.5. The highest BCUT2D eigenvalue weighted by Gasteiger charge is 2.36. The molecule has 1 atom stereocenters. The average Bonchev–Trinajstić information content (AvgIpc) is 3.22. The van der Waals surface area contributed by atoms with E-state index in [1.165, 1.54) is 0 Å². The first kappa shape index (κ1) is 16.4. The SMILES string of the molecule is COc1ccccc1N1CCC(n2cc(C(C)(C)OC)nn2)C1=O. The first-order valence-corrected chi connectivity index (χ1v) is 7.90. The maximum Gasteiger partial charge on any atom is 0.252 e. The average molecular weight is 330 g/mol. The summed E-state index contributed by atoms with van der Waals surface area (Å²) in [5.41, 5.74) is 0.945. The number of aromatic nitrogens is 3. The van der Waals surface area contributed by atoms with Crippen molar-refractivity contribution in [3.05, 3.63) is 36.2 Å². The molecule has 0 aliphatic carbocycles. The molecule has 0 saturated carbocycles. The summed E-state index contributed by atoms with van der Waals surface area (Å²) < 4.78 is 12.4. The van der Waals surface area contributed by atoms with E-state index in [2.05, 4.69) is 10.3 Å². The van der Waals surface area contributed by atoms with Crippen molar-refractivity contribution in [2.75, 3.05) is 25.7 Å². The third-order valence-corrected chi connectivity index (χ3v) is 4.51. The monoisotopic (exact) mass is 330 g/mol. The largest absolute Gasteiger partial charge is 0.495 e. The standard InChI is InChI=1S/C17H22N4O3/c1-17(2,24-4)15-11-21(19-18-15)13-9-10-20(16(13)22)12-7-5-6-8-14(12)23-3/h5-8,11,13H,9-10H2,1-4H3. The Balaban J connectivity index is 1.85. The van der Waals surface area contributed by atoms with Crippen molar-refractivity contribution in [3.63, 3.8) is 0 Å². The van der Waals surface area contributed by atoms with Gasteiger partial charge in [0, 0.05) is 13.7 Å². The van der Waals surface area contributed by atoms with Crippen LogP contribution in [0.3, 0.4) is 0 Å². The van der Waals surface area contributed by atoms with E-state index in [1.807, 2.05) is 38.1 Å². The molecule has 2 aromatic rings. The number of hydrogen-bond donors (Lipinski definition) is 0. The van der Waals surface area contributed by atoms with Gasteiger partial charge in [0.15, 0.2) is 0 Å². The molecule has 0 N–H and O–H groups in total. The quantitative estimate of drug-likeness (QED) is 0.840. The molecule has 7 heteroatoms. The number of para-hydroxylation sites is 2. The Bertz CT molecular complexity index is 741. The van der Waals surface area contributed by atoms with Crippen molar-refractivity contribution in [1.82, 2.24) is 15.0 Å². The van der Waals surface area contributed by atoms with E-state index >= 15 is 0 Å². The third-order valence-electron chi connectivity index (χ3n) is 4.51. The number of nitrogens with zero attached hydrogens (tertiary/aromatic N) is 4. The molecule has 1 aliphatic heterocycles. The normalized spacial score (nSPS) is 18.2. The number of amides is 1. The lowest BCUT2D eigenvalue weighted by Crippen LogP contribution is -2.28. The van der Waals surface area contributed by atoms with Crippen LogP contribution < -0.4 is 9.64 Å². The second-order valence-electron chi connectivity index (χ2n) is 6.26. The number of carbonyl (C=O) groups excluding carboxylic acids is 1. The van der Waals surface area contributed by atoms with Gasteiger partial charge in [-0.05, 0) is 32.4 Å². The molecule has 2 heterocycles. The van der Waals surface area contributed by atoms with Crippen LogP contribution in [0.5, 0.6) is 5.75 Å². The van der Waals surface area contributed by atoms with Gasteiger partial charge in [0.25, 0.3) is 5.91 Å². The molecule has 1 aliphatic rings. The van der Waals surface area contributed by atoms with Gasteiger partial charge in [-0.25, -0.2) is 4.68 Å². The number of benzene rings is 1. The molecular formula is C17H22N4O3. The Morgan fingerprint density at radius 3 is 2.71 bits per heavy atom. The molecule has 1 unspecified atom stereocenters. The zero-order valence-electron chi connectivity index (χ0n) is 14.4. The summed E-state index contributed by atoms with van der Waals surface area (Å²) in [7, 11) is 3.23. The van der Waals surface area contributed by atoms with E-state index in [0.29, 0.717) is 24.4 Å². The second kappa shape index (κ2) is 6.24. The molecule has 1 saturated heterocycles. The fraction of sp³-hybridized carbons (Fsp3) is 0.471. The predicted octanol–water partition coefficient (Wildman–Crippen LogP) is 2.15. The molecule has 1 aromatic carbocycles. The lowest BCUT2D eigenvalue weighted by atomic mass is 10.1. The molecule has 1 amide bonds. The Labute approximate surface area is 141 Å². The molecule has 3 rings (SSSR count). The van der Waals surface area contributed by atoms with Gasteiger partial charge in [-0.3, -0.25) is 4.79 Å². The summed E-state index contributed by atoms with van der Waals surface area (Å²) >= 11 is 0. The number of methoxy groups -OCH3 is 2. The number of ether oxygens (including phenoxy) is 2. The van der Waals surface area contributed by atoms with Crippen LogP contribution in [-0.2, 0) is 15.1 Å². The zero-order chi connectivity index (χ0) is 17.3. The Morgan fingerprint density at radius 2 is 2.00 bits per heavy atom.